The van der Waals surface area contributed by atoms with Gasteiger partial charge >= 0.3 is 6.01 Å². The van der Waals surface area contributed by atoms with Crippen LogP contribution in [0.15, 0.2) is 28.7 Å². The molecule has 21 heavy (non-hydrogen) atoms. The molecule has 6 heteroatoms. The van der Waals surface area contributed by atoms with Crippen LogP contribution in [-0.2, 0) is 11.2 Å². The predicted octanol–water partition coefficient (Wildman–Crippen LogP) is 1.77. The summed E-state index contributed by atoms with van der Waals surface area (Å²) in [6.45, 7) is 0.966. The summed E-state index contributed by atoms with van der Waals surface area (Å²) in [5.41, 5.74) is 2.33. The van der Waals surface area contributed by atoms with Crippen molar-refractivity contribution in [2.45, 2.75) is 31.2 Å². The summed E-state index contributed by atoms with van der Waals surface area (Å²) in [6.07, 6.45) is 2.87. The fourth-order valence-corrected chi connectivity index (χ4v) is 3.01. The van der Waals surface area contributed by atoms with Gasteiger partial charge in [0.05, 0.1) is 12.0 Å². The van der Waals surface area contributed by atoms with Crippen LogP contribution in [0.25, 0.3) is 0 Å². The molecule has 0 bridgehead atoms. The maximum atomic E-state index is 12.2. The Kier molecular flexibility index (Phi) is 2.96. The lowest BCUT2D eigenvalue weighted by Gasteiger charge is -2.28. The molecule has 2 N–H and O–H groups in total. The summed E-state index contributed by atoms with van der Waals surface area (Å²) in [5, 5.41) is 13.9. The Hall–Kier alpha value is -2.21. The molecule has 2 heterocycles. The van der Waals surface area contributed by atoms with Crippen molar-refractivity contribution in [2.75, 3.05) is 11.9 Å². The van der Waals surface area contributed by atoms with E-state index in [1.807, 2.05) is 18.2 Å². The van der Waals surface area contributed by atoms with Gasteiger partial charge in [0.25, 0.3) is 0 Å². The minimum Gasteiger partial charge on any atom is -0.406 e. The van der Waals surface area contributed by atoms with Crippen LogP contribution in [0.3, 0.4) is 0 Å². The number of fused-ring (bicyclic) bond motifs is 1. The Labute approximate surface area is 121 Å². The van der Waals surface area contributed by atoms with Gasteiger partial charge < -0.3 is 9.73 Å². The van der Waals surface area contributed by atoms with Crippen LogP contribution < -0.4 is 10.6 Å². The van der Waals surface area contributed by atoms with Crippen LogP contribution in [0, 0.1) is 0 Å². The Balaban J connectivity index is 1.44. The van der Waals surface area contributed by atoms with Gasteiger partial charge in [-0.15, -0.1) is 5.10 Å². The fourth-order valence-electron chi connectivity index (χ4n) is 3.01. The normalized spacial score (nSPS) is 23.4. The highest BCUT2D eigenvalue weighted by molar-refractivity contribution is 5.96. The summed E-state index contributed by atoms with van der Waals surface area (Å²) in [6, 6.07) is 8.29. The van der Waals surface area contributed by atoms with Crippen molar-refractivity contribution in [3.63, 3.8) is 0 Å². The van der Waals surface area contributed by atoms with Gasteiger partial charge in [0, 0.05) is 0 Å². The lowest BCUT2D eigenvalue weighted by molar-refractivity contribution is -0.118. The zero-order chi connectivity index (χ0) is 14.2. The zero-order valence-electron chi connectivity index (χ0n) is 11.5. The molecule has 2 aromatic rings. The molecule has 2 aliphatic rings. The van der Waals surface area contributed by atoms with Crippen LogP contribution in [0.1, 0.15) is 41.8 Å². The van der Waals surface area contributed by atoms with Crippen molar-refractivity contribution in [3.05, 3.63) is 41.3 Å². The van der Waals surface area contributed by atoms with E-state index in [4.69, 9.17) is 4.42 Å². The second kappa shape index (κ2) is 4.96. The molecular formula is C15H16N4O2. The van der Waals surface area contributed by atoms with Gasteiger partial charge in [-0.25, -0.2) is 0 Å². The first-order valence-electron chi connectivity index (χ1n) is 7.27. The largest absolute Gasteiger partial charge is 0.406 e. The lowest BCUT2D eigenvalue weighted by Crippen LogP contribution is -2.30. The van der Waals surface area contributed by atoms with E-state index < -0.39 is 0 Å². The number of rotatable bonds is 3. The van der Waals surface area contributed by atoms with E-state index in [-0.39, 0.29) is 23.9 Å². The minimum atomic E-state index is -0.110. The van der Waals surface area contributed by atoms with E-state index in [1.54, 1.807) is 0 Å². The predicted molar refractivity (Wildman–Crippen MR) is 75.8 cm³/mol. The van der Waals surface area contributed by atoms with E-state index in [1.165, 1.54) is 5.56 Å². The molecular weight excluding hydrogens is 268 g/mol. The zero-order valence-corrected chi connectivity index (χ0v) is 11.5. The Bertz CT molecular complexity index is 676. The molecule has 1 aliphatic heterocycles. The van der Waals surface area contributed by atoms with Gasteiger partial charge in [-0.05, 0) is 36.9 Å². The molecule has 1 saturated heterocycles. The molecule has 0 saturated carbocycles. The highest BCUT2D eigenvalue weighted by Gasteiger charge is 2.32. The highest BCUT2D eigenvalue weighted by Crippen LogP contribution is 2.35. The van der Waals surface area contributed by atoms with Crippen molar-refractivity contribution in [2.24, 2.45) is 0 Å². The first-order chi connectivity index (χ1) is 10.3. The molecule has 2 atom stereocenters. The van der Waals surface area contributed by atoms with Crippen molar-refractivity contribution in [3.8, 4) is 0 Å². The molecule has 108 valence electrons. The third-order valence-corrected chi connectivity index (χ3v) is 4.20. The lowest BCUT2D eigenvalue weighted by atomic mass is 9.77. The van der Waals surface area contributed by atoms with Crippen LogP contribution in [0.2, 0.25) is 0 Å². The SMILES string of the molecule is O=C(Nc1nnc(C2CCCN2)o1)C1Cc2ccccc21. The Morgan fingerprint density at radius 3 is 3.05 bits per heavy atom. The molecule has 1 aromatic carbocycles. The van der Waals surface area contributed by atoms with Gasteiger partial charge in [0.1, 0.15) is 0 Å². The number of nitrogens with one attached hydrogen (secondary N) is 2. The van der Waals surface area contributed by atoms with E-state index in [0.29, 0.717) is 5.89 Å². The Morgan fingerprint density at radius 2 is 2.24 bits per heavy atom. The van der Waals surface area contributed by atoms with Crippen LogP contribution in [0.5, 0.6) is 0 Å². The van der Waals surface area contributed by atoms with Gasteiger partial charge in [-0.1, -0.05) is 29.4 Å². The molecule has 0 spiro atoms. The minimum absolute atomic E-state index is 0.0803. The first-order valence-corrected chi connectivity index (χ1v) is 7.27. The average molecular weight is 284 g/mol. The second-order valence-electron chi connectivity index (χ2n) is 5.54. The maximum absolute atomic E-state index is 12.2. The van der Waals surface area contributed by atoms with Crippen LogP contribution in [-0.4, -0.2) is 22.6 Å². The number of hydrogen-bond donors (Lipinski definition) is 2. The second-order valence-corrected chi connectivity index (χ2v) is 5.54. The number of carbonyl (C=O) groups is 1. The molecule has 1 fully saturated rings. The van der Waals surface area contributed by atoms with E-state index >= 15 is 0 Å². The molecule has 1 aromatic heterocycles. The Morgan fingerprint density at radius 1 is 1.33 bits per heavy atom. The van der Waals surface area contributed by atoms with Gasteiger partial charge in [0.2, 0.25) is 11.8 Å². The highest BCUT2D eigenvalue weighted by atomic mass is 16.4. The summed E-state index contributed by atoms with van der Waals surface area (Å²) >= 11 is 0. The third-order valence-electron chi connectivity index (χ3n) is 4.20. The molecule has 4 rings (SSSR count). The van der Waals surface area contributed by atoms with E-state index in [2.05, 4.69) is 26.9 Å². The number of carbonyl (C=O) groups excluding carboxylic acids is 1. The van der Waals surface area contributed by atoms with Gasteiger partial charge in [0.15, 0.2) is 0 Å². The van der Waals surface area contributed by atoms with Crippen molar-refractivity contribution in [1.29, 1.82) is 0 Å². The number of nitrogens with zero attached hydrogens (tertiary/aromatic N) is 2. The maximum Gasteiger partial charge on any atom is 0.322 e. The number of amides is 1. The van der Waals surface area contributed by atoms with Crippen molar-refractivity contribution < 1.29 is 9.21 Å². The number of aromatic nitrogens is 2. The summed E-state index contributed by atoms with van der Waals surface area (Å²) in [4.78, 5) is 12.2. The topological polar surface area (TPSA) is 80.0 Å². The molecule has 1 amide bonds. The third kappa shape index (κ3) is 2.21. The van der Waals surface area contributed by atoms with Gasteiger partial charge in [-0.3, -0.25) is 10.1 Å². The monoisotopic (exact) mass is 284 g/mol. The average Bonchev–Trinajstić information content (AvgIpc) is 3.10. The molecule has 0 radical (unpaired) electrons. The van der Waals surface area contributed by atoms with Gasteiger partial charge in [-0.2, -0.15) is 0 Å². The summed E-state index contributed by atoms with van der Waals surface area (Å²) in [7, 11) is 0. The van der Waals surface area contributed by atoms with E-state index in [9.17, 15) is 4.79 Å². The van der Waals surface area contributed by atoms with Crippen molar-refractivity contribution in [1.82, 2.24) is 15.5 Å². The van der Waals surface area contributed by atoms with Crippen LogP contribution in [0.4, 0.5) is 6.01 Å². The first kappa shape index (κ1) is 12.5. The van der Waals surface area contributed by atoms with Crippen LogP contribution >= 0.6 is 0 Å². The number of hydrogen-bond acceptors (Lipinski definition) is 5. The number of anilines is 1. The quantitative estimate of drug-likeness (QED) is 0.898. The standard InChI is InChI=1S/C15H16N4O2/c20-13(11-8-9-4-1-2-5-10(9)11)17-15-19-18-14(21-15)12-6-3-7-16-12/h1-2,4-5,11-12,16H,3,6-8H2,(H,17,19,20). The van der Waals surface area contributed by atoms with Crippen molar-refractivity contribution >= 4 is 11.9 Å². The smallest absolute Gasteiger partial charge is 0.322 e. The fraction of sp³-hybridized carbons (Fsp3) is 0.400. The summed E-state index contributed by atoms with van der Waals surface area (Å²) in [5.74, 6) is 0.362. The molecule has 2 unspecified atom stereocenters. The van der Waals surface area contributed by atoms with E-state index in [0.717, 1.165) is 31.4 Å². The number of benzene rings is 1. The summed E-state index contributed by atoms with van der Waals surface area (Å²) < 4.78 is 5.53. The molecule has 1 aliphatic carbocycles. The molecule has 6 nitrogen and oxygen atoms in total.